The van der Waals surface area contributed by atoms with E-state index in [9.17, 15) is 23.1 Å². The first-order valence-electron chi connectivity index (χ1n) is 8.64. The van der Waals surface area contributed by atoms with Crippen LogP contribution in [-0.4, -0.2) is 50.3 Å². The van der Waals surface area contributed by atoms with Crippen molar-refractivity contribution in [2.75, 3.05) is 12.8 Å². The Bertz CT molecular complexity index is 776. The molecule has 1 aromatic carbocycles. The summed E-state index contributed by atoms with van der Waals surface area (Å²) in [6, 6.07) is 5.19. The van der Waals surface area contributed by atoms with Gasteiger partial charge < -0.3 is 15.7 Å². The lowest BCUT2D eigenvalue weighted by molar-refractivity contribution is -0.125. The maximum Gasteiger partial charge on any atom is 0.251 e. The van der Waals surface area contributed by atoms with Gasteiger partial charge in [0.05, 0.1) is 17.0 Å². The fourth-order valence-corrected chi connectivity index (χ4v) is 3.62. The molecule has 0 spiro atoms. The Labute approximate surface area is 154 Å². The average molecular weight is 382 g/mol. The van der Waals surface area contributed by atoms with Crippen LogP contribution in [0.1, 0.15) is 37.0 Å². The van der Waals surface area contributed by atoms with E-state index in [2.05, 4.69) is 10.6 Å². The van der Waals surface area contributed by atoms with E-state index in [0.717, 1.165) is 6.26 Å². The second-order valence-corrected chi connectivity index (χ2v) is 9.27. The van der Waals surface area contributed by atoms with Crippen LogP contribution in [0.15, 0.2) is 29.2 Å². The Hall–Kier alpha value is -1.93. The summed E-state index contributed by atoms with van der Waals surface area (Å²) in [6.07, 6.45) is 0.901. The van der Waals surface area contributed by atoms with Crippen LogP contribution in [0, 0.1) is 11.8 Å². The second kappa shape index (κ2) is 8.18. The number of hydrogen-bond acceptors (Lipinski definition) is 5. The zero-order chi connectivity index (χ0) is 19.5. The van der Waals surface area contributed by atoms with Gasteiger partial charge >= 0.3 is 0 Å². The number of hydrogen-bond donors (Lipinski definition) is 3. The van der Waals surface area contributed by atoms with E-state index in [0.29, 0.717) is 18.9 Å². The number of benzene rings is 1. The summed E-state index contributed by atoms with van der Waals surface area (Å²) in [7, 11) is -3.41. The maximum atomic E-state index is 12.4. The van der Waals surface area contributed by atoms with Gasteiger partial charge in [-0.3, -0.25) is 9.59 Å². The molecule has 144 valence electrons. The highest BCUT2D eigenvalue weighted by Crippen LogP contribution is 2.27. The van der Waals surface area contributed by atoms with Crippen LogP contribution in [0.2, 0.25) is 0 Å². The van der Waals surface area contributed by atoms with E-state index in [-0.39, 0.29) is 28.7 Å². The minimum Gasteiger partial charge on any atom is -0.391 e. The van der Waals surface area contributed by atoms with Gasteiger partial charge in [-0.2, -0.15) is 0 Å². The third-order valence-electron chi connectivity index (χ3n) is 4.43. The van der Waals surface area contributed by atoms with Gasteiger partial charge in [0.15, 0.2) is 9.84 Å². The Morgan fingerprint density at radius 2 is 1.96 bits per heavy atom. The van der Waals surface area contributed by atoms with Crippen molar-refractivity contribution >= 4 is 21.7 Å². The molecule has 0 heterocycles. The number of sulfone groups is 1. The maximum absolute atomic E-state index is 12.4. The monoisotopic (exact) mass is 382 g/mol. The number of carbonyl (C=O) groups is 2. The fraction of sp³-hybridized carbons (Fsp3) is 0.556. The molecule has 0 aromatic heterocycles. The molecular formula is C18H26N2O5S. The number of rotatable bonds is 6. The lowest BCUT2D eigenvalue weighted by Crippen LogP contribution is -2.40. The van der Waals surface area contributed by atoms with E-state index in [4.69, 9.17) is 0 Å². The van der Waals surface area contributed by atoms with Gasteiger partial charge in [-0.25, -0.2) is 8.42 Å². The molecular weight excluding hydrogens is 356 g/mol. The summed E-state index contributed by atoms with van der Waals surface area (Å²) < 4.78 is 23.2. The summed E-state index contributed by atoms with van der Waals surface area (Å²) in [6.45, 7) is 4.57. The smallest absolute Gasteiger partial charge is 0.251 e. The third-order valence-corrected chi connectivity index (χ3v) is 5.54. The van der Waals surface area contributed by atoms with E-state index in [1.807, 2.05) is 13.8 Å². The predicted octanol–water partition coefficient (Wildman–Crippen LogP) is 0.732. The van der Waals surface area contributed by atoms with Crippen LogP contribution in [-0.2, 0) is 14.6 Å². The molecule has 26 heavy (non-hydrogen) atoms. The number of nitrogens with one attached hydrogen (secondary N) is 2. The first-order chi connectivity index (χ1) is 12.1. The summed E-state index contributed by atoms with van der Waals surface area (Å²) in [4.78, 5) is 24.6. The number of aliphatic hydroxyl groups excluding tert-OH is 1. The van der Waals surface area contributed by atoms with Crippen molar-refractivity contribution in [1.82, 2.24) is 10.6 Å². The molecule has 1 aliphatic rings. The topological polar surface area (TPSA) is 113 Å². The average Bonchev–Trinajstić information content (AvgIpc) is 2.92. The molecule has 3 atom stereocenters. The van der Waals surface area contributed by atoms with Crippen molar-refractivity contribution in [3.05, 3.63) is 29.8 Å². The van der Waals surface area contributed by atoms with Crippen LogP contribution in [0.5, 0.6) is 0 Å². The first kappa shape index (κ1) is 20.4. The van der Waals surface area contributed by atoms with Crippen LogP contribution >= 0.6 is 0 Å². The molecule has 3 N–H and O–H groups in total. The van der Waals surface area contributed by atoms with Crippen LogP contribution in [0.25, 0.3) is 0 Å². The molecule has 7 nitrogen and oxygen atoms in total. The highest BCUT2D eigenvalue weighted by atomic mass is 32.2. The Kier molecular flexibility index (Phi) is 6.41. The second-order valence-electron chi connectivity index (χ2n) is 7.25. The van der Waals surface area contributed by atoms with Crippen molar-refractivity contribution < 1.29 is 23.1 Å². The number of aliphatic hydroxyl groups is 1. The molecule has 0 bridgehead atoms. The molecule has 2 rings (SSSR count). The van der Waals surface area contributed by atoms with Gasteiger partial charge in [-0.1, -0.05) is 19.9 Å². The standard InChI is InChI=1S/C18H26N2O5S/c1-11(2)10-19-17(22)13-8-15(16(21)9-13)20-18(23)12-5-4-6-14(7-12)26(3,24)25/h4-7,11,13,15-16,21H,8-10H2,1-3H3,(H,19,22)(H,20,23)/t13-,15-,16-/m0/s1. The van der Waals surface area contributed by atoms with Gasteiger partial charge in [-0.15, -0.1) is 0 Å². The molecule has 1 aliphatic carbocycles. The quantitative estimate of drug-likeness (QED) is 0.671. The third kappa shape index (κ3) is 5.28. The van der Waals surface area contributed by atoms with Crippen molar-refractivity contribution in [3.63, 3.8) is 0 Å². The van der Waals surface area contributed by atoms with Gasteiger partial charge in [0, 0.05) is 24.3 Å². The van der Waals surface area contributed by atoms with E-state index in [1.165, 1.54) is 24.3 Å². The highest BCUT2D eigenvalue weighted by Gasteiger charge is 2.37. The molecule has 2 amide bonds. The Morgan fingerprint density at radius 1 is 1.27 bits per heavy atom. The molecule has 0 radical (unpaired) electrons. The van der Waals surface area contributed by atoms with Gasteiger partial charge in [0.1, 0.15) is 0 Å². The molecule has 1 saturated carbocycles. The zero-order valence-electron chi connectivity index (χ0n) is 15.2. The largest absolute Gasteiger partial charge is 0.391 e. The predicted molar refractivity (Wildman–Crippen MR) is 97.4 cm³/mol. The Morgan fingerprint density at radius 3 is 2.58 bits per heavy atom. The van der Waals surface area contributed by atoms with Crippen LogP contribution in [0.4, 0.5) is 0 Å². The van der Waals surface area contributed by atoms with Crippen molar-refractivity contribution in [2.24, 2.45) is 11.8 Å². The number of amides is 2. The van der Waals surface area contributed by atoms with Crippen LogP contribution < -0.4 is 10.6 Å². The summed E-state index contributed by atoms with van der Waals surface area (Å²) >= 11 is 0. The molecule has 0 unspecified atom stereocenters. The molecule has 8 heteroatoms. The molecule has 1 fully saturated rings. The number of carbonyl (C=O) groups excluding carboxylic acids is 2. The normalized spacial score (nSPS) is 23.0. The molecule has 0 aliphatic heterocycles. The lowest BCUT2D eigenvalue weighted by atomic mass is 10.1. The van der Waals surface area contributed by atoms with Crippen LogP contribution in [0.3, 0.4) is 0 Å². The van der Waals surface area contributed by atoms with E-state index >= 15 is 0 Å². The van der Waals surface area contributed by atoms with Crippen molar-refractivity contribution in [1.29, 1.82) is 0 Å². The summed E-state index contributed by atoms with van der Waals surface area (Å²) in [5.41, 5.74) is 0.202. The van der Waals surface area contributed by atoms with Crippen molar-refractivity contribution in [2.45, 2.75) is 43.7 Å². The molecule has 0 saturated heterocycles. The molecule has 1 aromatic rings. The van der Waals surface area contributed by atoms with Gasteiger partial charge in [0.25, 0.3) is 5.91 Å². The van der Waals surface area contributed by atoms with Gasteiger partial charge in [-0.05, 0) is 37.0 Å². The van der Waals surface area contributed by atoms with Gasteiger partial charge in [0.2, 0.25) is 5.91 Å². The lowest BCUT2D eigenvalue weighted by Gasteiger charge is -2.16. The Balaban J connectivity index is 2.00. The highest BCUT2D eigenvalue weighted by molar-refractivity contribution is 7.90. The summed E-state index contributed by atoms with van der Waals surface area (Å²) in [5, 5.41) is 15.7. The fourth-order valence-electron chi connectivity index (χ4n) is 2.95. The minimum absolute atomic E-state index is 0.0584. The van der Waals surface area contributed by atoms with E-state index < -0.39 is 27.9 Å². The summed E-state index contributed by atoms with van der Waals surface area (Å²) in [5.74, 6) is -0.601. The first-order valence-corrected chi connectivity index (χ1v) is 10.5. The van der Waals surface area contributed by atoms with Crippen molar-refractivity contribution in [3.8, 4) is 0 Å². The zero-order valence-corrected chi connectivity index (χ0v) is 16.0. The van der Waals surface area contributed by atoms with E-state index in [1.54, 1.807) is 0 Å². The minimum atomic E-state index is -3.41. The SMILES string of the molecule is CC(C)CNC(=O)[C@H]1C[C@H](NC(=O)c2cccc(S(C)(=O)=O)c2)[C@@H](O)C1.